The van der Waals surface area contributed by atoms with Crippen LogP contribution in [0.25, 0.3) is 0 Å². The van der Waals surface area contributed by atoms with E-state index in [1.54, 1.807) is 4.90 Å². The Labute approximate surface area is 201 Å². The van der Waals surface area contributed by atoms with Crippen molar-refractivity contribution in [2.75, 3.05) is 44.2 Å². The first-order chi connectivity index (χ1) is 16.2. The second-order valence-electron chi connectivity index (χ2n) is 11.2. The van der Waals surface area contributed by atoms with Crippen molar-refractivity contribution in [2.45, 2.75) is 64.3 Å². The van der Waals surface area contributed by atoms with Crippen molar-refractivity contribution >= 4 is 23.3 Å². The number of rotatable bonds is 5. The molecule has 1 aliphatic carbocycles. The van der Waals surface area contributed by atoms with Crippen LogP contribution in [0.2, 0.25) is 0 Å². The van der Waals surface area contributed by atoms with Gasteiger partial charge in [-0.1, -0.05) is 20.8 Å². The van der Waals surface area contributed by atoms with E-state index in [1.807, 2.05) is 45.0 Å². The minimum absolute atomic E-state index is 0.0524. The van der Waals surface area contributed by atoms with Crippen molar-refractivity contribution in [3.63, 3.8) is 0 Å². The van der Waals surface area contributed by atoms with Crippen molar-refractivity contribution in [3.8, 4) is 0 Å². The number of hydrogen-bond acceptors (Lipinski definition) is 6. The van der Waals surface area contributed by atoms with Gasteiger partial charge in [0.15, 0.2) is 5.78 Å². The van der Waals surface area contributed by atoms with Gasteiger partial charge in [-0.25, -0.2) is 0 Å². The Morgan fingerprint density at radius 1 is 1.00 bits per heavy atom. The molecule has 1 N–H and O–H groups in total. The number of ketones is 1. The Balaban J connectivity index is 1.24. The Kier molecular flexibility index (Phi) is 6.14. The normalized spacial score (nSPS) is 26.5. The number of nitrogens with one attached hydrogen (secondary N) is 1. The van der Waals surface area contributed by atoms with Gasteiger partial charge in [0.2, 0.25) is 5.91 Å². The molecule has 0 aromatic heterocycles. The maximum Gasteiger partial charge on any atom is 0.251 e. The van der Waals surface area contributed by atoms with Gasteiger partial charge in [-0.2, -0.15) is 0 Å². The molecule has 2 amide bonds. The fourth-order valence-corrected chi connectivity index (χ4v) is 5.48. The topological polar surface area (TPSA) is 82.2 Å². The number of fused-ring (bicyclic) bond motifs is 1. The third-order valence-electron chi connectivity index (χ3n) is 7.66. The smallest absolute Gasteiger partial charge is 0.251 e. The minimum atomic E-state index is -0.734. The van der Waals surface area contributed by atoms with E-state index in [0.717, 1.165) is 37.9 Å². The van der Waals surface area contributed by atoms with Crippen LogP contribution in [0.1, 0.15) is 50.4 Å². The van der Waals surface area contributed by atoms with Crippen LogP contribution in [0.3, 0.4) is 0 Å². The summed E-state index contributed by atoms with van der Waals surface area (Å²) in [6.45, 7) is 10.5. The quantitative estimate of drug-likeness (QED) is 0.708. The van der Waals surface area contributed by atoms with Gasteiger partial charge in [-0.3, -0.25) is 19.3 Å². The Hall–Kier alpha value is -2.45. The van der Waals surface area contributed by atoms with E-state index >= 15 is 0 Å². The molecule has 184 valence electrons. The number of benzene rings is 1. The predicted molar refractivity (Wildman–Crippen MR) is 129 cm³/mol. The number of Topliss-reactive ketones (excluding diaryl/α,β-unsaturated/α-hetero) is 1. The van der Waals surface area contributed by atoms with Crippen LogP contribution in [0, 0.1) is 5.41 Å². The van der Waals surface area contributed by atoms with Crippen molar-refractivity contribution in [2.24, 2.45) is 5.41 Å². The lowest BCUT2D eigenvalue weighted by molar-refractivity contribution is -0.140. The van der Waals surface area contributed by atoms with Crippen LogP contribution in [0.5, 0.6) is 0 Å². The minimum Gasteiger partial charge on any atom is -0.369 e. The summed E-state index contributed by atoms with van der Waals surface area (Å²) in [5.41, 5.74) is 1.15. The third-order valence-corrected chi connectivity index (χ3v) is 7.66. The van der Waals surface area contributed by atoms with E-state index < -0.39 is 17.5 Å². The molecular weight excluding hydrogens is 432 g/mol. The summed E-state index contributed by atoms with van der Waals surface area (Å²) in [7, 11) is 0. The first-order valence-corrected chi connectivity index (χ1v) is 12.6. The number of carbonyl (C=O) groups excluding carboxylic acids is 3. The molecule has 5 rings (SSSR count). The fourth-order valence-electron chi connectivity index (χ4n) is 5.48. The molecule has 3 atom stereocenters. The molecule has 1 aromatic carbocycles. The lowest BCUT2D eigenvalue weighted by atomic mass is 9.85. The second kappa shape index (κ2) is 8.96. The molecule has 8 nitrogen and oxygen atoms in total. The fraction of sp³-hybridized carbons (Fsp3) is 0.654. The monoisotopic (exact) mass is 468 g/mol. The molecule has 0 spiro atoms. The molecule has 3 heterocycles. The van der Waals surface area contributed by atoms with Crippen LogP contribution >= 0.6 is 0 Å². The number of anilines is 1. The first-order valence-electron chi connectivity index (χ1n) is 12.6. The molecule has 0 unspecified atom stereocenters. The van der Waals surface area contributed by atoms with E-state index in [0.29, 0.717) is 18.5 Å². The molecular formula is C26H36N4O4. The van der Waals surface area contributed by atoms with Crippen LogP contribution in [-0.2, 0) is 14.3 Å². The number of nitrogens with zero attached hydrogens (tertiary/aromatic N) is 3. The molecule has 1 saturated carbocycles. The van der Waals surface area contributed by atoms with E-state index in [4.69, 9.17) is 4.74 Å². The van der Waals surface area contributed by atoms with Crippen LogP contribution in [0.15, 0.2) is 24.3 Å². The highest BCUT2D eigenvalue weighted by Gasteiger charge is 2.49. The molecule has 1 aromatic rings. The zero-order valence-corrected chi connectivity index (χ0v) is 20.5. The number of amides is 2. The molecule has 3 aliphatic heterocycles. The van der Waals surface area contributed by atoms with Gasteiger partial charge < -0.3 is 19.9 Å². The first kappa shape index (κ1) is 23.3. The van der Waals surface area contributed by atoms with Gasteiger partial charge in [0, 0.05) is 50.0 Å². The van der Waals surface area contributed by atoms with Crippen LogP contribution in [0.4, 0.5) is 5.69 Å². The second-order valence-corrected chi connectivity index (χ2v) is 11.2. The van der Waals surface area contributed by atoms with Gasteiger partial charge in [0.25, 0.3) is 5.91 Å². The lowest BCUT2D eigenvalue weighted by Crippen LogP contribution is -2.57. The lowest BCUT2D eigenvalue weighted by Gasteiger charge is -2.36. The predicted octanol–water partition coefficient (Wildman–Crippen LogP) is 1.68. The maximum atomic E-state index is 13.5. The zero-order chi connectivity index (χ0) is 24.0. The Morgan fingerprint density at radius 2 is 1.68 bits per heavy atom. The van der Waals surface area contributed by atoms with Gasteiger partial charge >= 0.3 is 0 Å². The number of hydrogen-bond donors (Lipinski definition) is 1. The largest absolute Gasteiger partial charge is 0.369 e. The number of likely N-dealkylation sites (tertiary alicyclic amines) is 1. The van der Waals surface area contributed by atoms with E-state index in [2.05, 4.69) is 15.1 Å². The highest BCUT2D eigenvalue weighted by atomic mass is 16.5. The SMILES string of the molecule is CC(C)(C)[C@H](NC(=O)c1ccc(N2CCN(C3CC3)CC2)cc1)C(=O)N1CC[C@H]2OCC(=O)[C@H]21. The van der Waals surface area contributed by atoms with Crippen molar-refractivity contribution in [1.82, 2.24) is 15.1 Å². The van der Waals surface area contributed by atoms with Gasteiger partial charge in [0.05, 0.1) is 6.10 Å². The molecule has 34 heavy (non-hydrogen) atoms. The average molecular weight is 469 g/mol. The third kappa shape index (κ3) is 4.58. The number of ether oxygens (including phenoxy) is 1. The maximum absolute atomic E-state index is 13.5. The summed E-state index contributed by atoms with van der Waals surface area (Å²) < 4.78 is 5.53. The molecule has 4 fully saturated rings. The van der Waals surface area contributed by atoms with Crippen molar-refractivity contribution < 1.29 is 19.1 Å². The summed E-state index contributed by atoms with van der Waals surface area (Å²) in [6, 6.07) is 7.21. The molecule has 4 aliphatic rings. The van der Waals surface area contributed by atoms with Gasteiger partial charge in [-0.15, -0.1) is 0 Å². The Morgan fingerprint density at radius 3 is 2.29 bits per heavy atom. The molecule has 3 saturated heterocycles. The summed E-state index contributed by atoms with van der Waals surface area (Å²) in [5, 5.41) is 2.97. The average Bonchev–Trinajstić information content (AvgIpc) is 3.48. The molecule has 0 bridgehead atoms. The number of carbonyl (C=O) groups is 3. The van der Waals surface area contributed by atoms with Gasteiger partial charge in [0.1, 0.15) is 18.7 Å². The van der Waals surface area contributed by atoms with Gasteiger partial charge in [-0.05, 0) is 48.9 Å². The van der Waals surface area contributed by atoms with E-state index in [-0.39, 0.29) is 30.3 Å². The summed E-state index contributed by atoms with van der Waals surface area (Å²) in [6.07, 6.45) is 3.12. The van der Waals surface area contributed by atoms with Crippen LogP contribution < -0.4 is 10.2 Å². The molecule has 8 heteroatoms. The number of piperazine rings is 1. The van der Waals surface area contributed by atoms with Crippen molar-refractivity contribution in [3.05, 3.63) is 29.8 Å². The summed E-state index contributed by atoms with van der Waals surface area (Å²) >= 11 is 0. The Bertz CT molecular complexity index is 945. The van der Waals surface area contributed by atoms with Crippen molar-refractivity contribution in [1.29, 1.82) is 0 Å². The highest BCUT2D eigenvalue weighted by Crippen LogP contribution is 2.31. The standard InChI is InChI=1S/C26H36N4O4/c1-26(2,3)23(25(33)30-11-10-21-22(30)20(31)16-34-21)27-24(32)17-4-6-18(7-5-17)28-12-14-29(15-13-28)19-8-9-19/h4-7,19,21-23H,8-16H2,1-3H3,(H,27,32)/t21-,22-,23-/m1/s1. The van der Waals surface area contributed by atoms with E-state index in [9.17, 15) is 14.4 Å². The zero-order valence-electron chi connectivity index (χ0n) is 20.5. The van der Waals surface area contributed by atoms with Crippen LogP contribution in [-0.4, -0.2) is 91.0 Å². The van der Waals surface area contributed by atoms with E-state index in [1.165, 1.54) is 12.8 Å². The highest BCUT2D eigenvalue weighted by molar-refractivity contribution is 5.99. The molecule has 0 radical (unpaired) electrons. The summed E-state index contributed by atoms with van der Waals surface area (Å²) in [4.78, 5) is 45.5. The summed E-state index contributed by atoms with van der Waals surface area (Å²) in [5.74, 6) is -0.538.